The Bertz CT molecular complexity index is 259. The summed E-state index contributed by atoms with van der Waals surface area (Å²) in [6, 6.07) is 0. The molecule has 0 aromatic rings. The topological polar surface area (TPSA) is 0 Å². The van der Waals surface area contributed by atoms with Crippen LogP contribution in [-0.4, -0.2) is 22.6 Å². The van der Waals surface area contributed by atoms with Gasteiger partial charge in [0.2, 0.25) is 0 Å². The average Bonchev–Trinajstić information content (AvgIpc) is 3.07. The van der Waals surface area contributed by atoms with Gasteiger partial charge >= 0.3 is 0 Å². The molecule has 0 aromatic carbocycles. The maximum Gasteiger partial charge on any atom is -0.0174 e. The Morgan fingerprint density at radius 1 is 0.600 bits per heavy atom. The Labute approximate surface area is 129 Å². The molecule has 0 saturated carbocycles. The highest BCUT2D eigenvalue weighted by Crippen LogP contribution is 2.64. The van der Waals surface area contributed by atoms with Crippen molar-refractivity contribution in [3.8, 4) is 0 Å². The van der Waals surface area contributed by atoms with Crippen molar-refractivity contribution in [2.45, 2.75) is 102 Å². The van der Waals surface area contributed by atoms with Crippen LogP contribution in [-0.2, 0) is 0 Å². The predicted molar refractivity (Wildman–Crippen MR) is 97.8 cm³/mol. The molecule has 0 amide bonds. The third-order valence-electron chi connectivity index (χ3n) is 5.65. The van der Waals surface area contributed by atoms with Crippen LogP contribution < -0.4 is 0 Å². The lowest BCUT2D eigenvalue weighted by Gasteiger charge is -2.24. The molecule has 20 heavy (non-hydrogen) atoms. The second-order valence-corrected chi connectivity index (χ2v) is 11.9. The summed E-state index contributed by atoms with van der Waals surface area (Å²) < 4.78 is 0. The van der Waals surface area contributed by atoms with E-state index in [0.29, 0.717) is 0 Å². The summed E-state index contributed by atoms with van der Waals surface area (Å²) in [5, 5.41) is 0. The molecule has 2 heterocycles. The monoisotopic (exact) mass is 312 g/mol. The van der Waals surface area contributed by atoms with Gasteiger partial charge in [0, 0.05) is 0 Å². The predicted octanol–water partition coefficient (Wildman–Crippen LogP) is 7.12. The number of rotatable bonds is 6. The first-order valence-corrected chi connectivity index (χ1v) is 12.1. The van der Waals surface area contributed by atoms with Gasteiger partial charge in [-0.15, -0.1) is 0 Å². The van der Waals surface area contributed by atoms with Crippen LogP contribution >= 0.6 is 15.8 Å². The van der Waals surface area contributed by atoms with Crippen molar-refractivity contribution in [2.24, 2.45) is 0 Å². The second kappa shape index (κ2) is 8.29. The molecule has 116 valence electrons. The molecule has 0 N–H and O–H groups in total. The Hall–Kier alpha value is 0.600. The third-order valence-corrected chi connectivity index (χ3v) is 12.7. The summed E-state index contributed by atoms with van der Waals surface area (Å²) in [5.74, 6) is 5.54. The largest absolute Gasteiger partial charge is 0.0768 e. The van der Waals surface area contributed by atoms with Crippen LogP contribution in [0.1, 0.15) is 79.1 Å². The van der Waals surface area contributed by atoms with Crippen LogP contribution in [0, 0.1) is 0 Å². The zero-order chi connectivity index (χ0) is 14.5. The zero-order valence-corrected chi connectivity index (χ0v) is 15.8. The summed E-state index contributed by atoms with van der Waals surface area (Å²) in [6.45, 7) is 9.65. The lowest BCUT2D eigenvalue weighted by atomic mass is 10.1. The fraction of sp³-hybridized carbons (Fsp3) is 0.889. The summed E-state index contributed by atoms with van der Waals surface area (Å²) in [7, 11) is 0.398. The lowest BCUT2D eigenvalue weighted by molar-refractivity contribution is 0.696. The van der Waals surface area contributed by atoms with E-state index < -0.39 is 0 Å². The van der Waals surface area contributed by atoms with Crippen LogP contribution in [0.5, 0.6) is 0 Å². The van der Waals surface area contributed by atoms with Crippen molar-refractivity contribution < 1.29 is 0 Å². The first-order valence-electron chi connectivity index (χ1n) is 8.98. The Kier molecular flexibility index (Phi) is 7.03. The van der Waals surface area contributed by atoms with Gasteiger partial charge in [-0.1, -0.05) is 55.2 Å². The molecule has 0 bridgehead atoms. The van der Waals surface area contributed by atoms with E-state index in [0.717, 1.165) is 22.6 Å². The summed E-state index contributed by atoms with van der Waals surface area (Å²) in [4.78, 5) is 0. The van der Waals surface area contributed by atoms with Crippen LogP contribution in [0.15, 0.2) is 11.6 Å². The number of hydrogen-bond acceptors (Lipinski definition) is 0. The van der Waals surface area contributed by atoms with E-state index in [1.807, 2.05) is 0 Å². The molecule has 0 spiro atoms. The second-order valence-electron chi connectivity index (χ2n) is 6.60. The van der Waals surface area contributed by atoms with Crippen molar-refractivity contribution in [3.63, 3.8) is 0 Å². The van der Waals surface area contributed by atoms with E-state index >= 15 is 0 Å². The zero-order valence-electron chi connectivity index (χ0n) is 14.0. The van der Waals surface area contributed by atoms with E-state index in [1.165, 1.54) is 51.4 Å². The fourth-order valence-corrected chi connectivity index (χ4v) is 11.1. The Morgan fingerprint density at radius 3 is 1.05 bits per heavy atom. The average molecular weight is 312 g/mol. The summed E-state index contributed by atoms with van der Waals surface area (Å²) in [5.41, 5.74) is 4.18. The lowest BCUT2D eigenvalue weighted by Crippen LogP contribution is -2.02. The van der Waals surface area contributed by atoms with Gasteiger partial charge in [-0.05, 0) is 74.0 Å². The molecular formula is C18H34P2. The summed E-state index contributed by atoms with van der Waals surface area (Å²) in [6.07, 6.45) is 11.7. The fourth-order valence-electron chi connectivity index (χ4n) is 4.26. The van der Waals surface area contributed by atoms with Crippen molar-refractivity contribution in [1.82, 2.24) is 0 Å². The van der Waals surface area contributed by atoms with Gasteiger partial charge in [0.05, 0.1) is 0 Å². The van der Waals surface area contributed by atoms with E-state index in [2.05, 4.69) is 39.3 Å². The van der Waals surface area contributed by atoms with Crippen LogP contribution in [0.25, 0.3) is 0 Å². The van der Waals surface area contributed by atoms with Gasteiger partial charge in [0.1, 0.15) is 0 Å². The molecule has 2 fully saturated rings. The molecule has 0 nitrogen and oxygen atoms in total. The molecule has 0 aliphatic carbocycles. The van der Waals surface area contributed by atoms with E-state index in [4.69, 9.17) is 0 Å². The van der Waals surface area contributed by atoms with Gasteiger partial charge in [-0.2, -0.15) is 0 Å². The highest BCUT2D eigenvalue weighted by molar-refractivity contribution is 7.66. The minimum atomic E-state index is 0.199. The minimum absolute atomic E-state index is 0.199. The summed E-state index contributed by atoms with van der Waals surface area (Å²) >= 11 is 0. The standard InChI is InChI=1S/C18H34P2/c1-5-15-9-10-16(6-2)19(15)13-14-20-17(7-3)11-12-18(20)8-4/h13-18H,5-12H2,1-4H3/t15-,16-,17-,18-/m1/s1. The molecule has 2 heteroatoms. The molecule has 2 aliphatic heterocycles. The van der Waals surface area contributed by atoms with E-state index in [-0.39, 0.29) is 15.8 Å². The molecule has 0 aromatic heterocycles. The van der Waals surface area contributed by atoms with Gasteiger partial charge in [0.25, 0.3) is 0 Å². The van der Waals surface area contributed by atoms with Crippen molar-refractivity contribution in [2.75, 3.05) is 0 Å². The molecule has 0 unspecified atom stereocenters. The van der Waals surface area contributed by atoms with Crippen molar-refractivity contribution >= 4 is 15.8 Å². The quantitative estimate of drug-likeness (QED) is 0.458. The van der Waals surface area contributed by atoms with Gasteiger partial charge in [-0.25, -0.2) is 0 Å². The van der Waals surface area contributed by atoms with E-state index in [1.54, 1.807) is 0 Å². The molecule has 4 atom stereocenters. The molecule has 0 radical (unpaired) electrons. The molecule has 2 saturated heterocycles. The van der Waals surface area contributed by atoms with Crippen LogP contribution in [0.3, 0.4) is 0 Å². The highest BCUT2D eigenvalue weighted by Gasteiger charge is 2.34. The maximum atomic E-state index is 2.77. The molecular weight excluding hydrogens is 278 g/mol. The number of hydrogen-bond donors (Lipinski definition) is 0. The maximum absolute atomic E-state index is 2.77. The van der Waals surface area contributed by atoms with Gasteiger partial charge in [0.15, 0.2) is 0 Å². The van der Waals surface area contributed by atoms with Crippen molar-refractivity contribution in [3.05, 3.63) is 11.6 Å². The third kappa shape index (κ3) is 3.67. The Morgan fingerprint density at radius 2 is 0.850 bits per heavy atom. The van der Waals surface area contributed by atoms with E-state index in [9.17, 15) is 0 Å². The molecule has 2 rings (SSSR count). The smallest absolute Gasteiger partial charge is 0.0174 e. The van der Waals surface area contributed by atoms with Gasteiger partial charge < -0.3 is 0 Å². The minimum Gasteiger partial charge on any atom is -0.0768 e. The van der Waals surface area contributed by atoms with Crippen LogP contribution in [0.2, 0.25) is 0 Å². The first kappa shape index (κ1) is 17.0. The molecule has 2 aliphatic rings. The SMILES string of the molecule is CC[C@@H]1CC[C@@H](CC)P1C=CP1[C@H](CC)CC[C@H]1CC. The first-order chi connectivity index (χ1) is 9.74. The normalized spacial score (nSPS) is 36.4. The highest BCUT2D eigenvalue weighted by atomic mass is 31.1. The van der Waals surface area contributed by atoms with Crippen molar-refractivity contribution in [1.29, 1.82) is 0 Å². The Balaban J connectivity index is 2.05. The van der Waals surface area contributed by atoms with Gasteiger partial charge in [-0.3, -0.25) is 0 Å². The van der Waals surface area contributed by atoms with Crippen LogP contribution in [0.4, 0.5) is 0 Å².